The van der Waals surface area contributed by atoms with Gasteiger partial charge in [0.15, 0.2) is 0 Å². The van der Waals surface area contributed by atoms with Crippen LogP contribution in [-0.2, 0) is 17.6 Å². The first-order chi connectivity index (χ1) is 13.5. The number of hydrogen-bond donors (Lipinski definition) is 0. The quantitative estimate of drug-likeness (QED) is 0.590. The predicted molar refractivity (Wildman–Crippen MR) is 107 cm³/mol. The predicted octanol–water partition coefficient (Wildman–Crippen LogP) is 3.36. The molecule has 1 heterocycles. The van der Waals surface area contributed by atoms with E-state index in [4.69, 9.17) is 0 Å². The fraction of sp³-hybridized carbons (Fsp3) is 0.409. The highest BCUT2D eigenvalue weighted by molar-refractivity contribution is 5.79. The Balaban J connectivity index is 1.57. The molecule has 6 heteroatoms. The molecule has 0 spiro atoms. The van der Waals surface area contributed by atoms with E-state index in [0.717, 1.165) is 19.5 Å². The van der Waals surface area contributed by atoms with Gasteiger partial charge in [0.1, 0.15) is 0 Å². The Morgan fingerprint density at radius 2 is 1.93 bits per heavy atom. The lowest BCUT2D eigenvalue weighted by Crippen LogP contribution is -2.44. The Kier molecular flexibility index (Phi) is 5.13. The summed E-state index contributed by atoms with van der Waals surface area (Å²) in [5.41, 5.74) is 3.25. The molecular weight excluding hydrogens is 354 g/mol. The Hall–Kier alpha value is -2.73. The summed E-state index contributed by atoms with van der Waals surface area (Å²) in [6.45, 7) is 2.17. The first kappa shape index (κ1) is 18.6. The number of rotatable bonds is 5. The molecule has 2 atom stereocenters. The van der Waals surface area contributed by atoms with E-state index >= 15 is 0 Å². The Morgan fingerprint density at radius 3 is 2.68 bits per heavy atom. The number of carbonyl (C=O) groups is 1. The Morgan fingerprint density at radius 1 is 1.18 bits per heavy atom. The van der Waals surface area contributed by atoms with Gasteiger partial charge in [-0.05, 0) is 49.0 Å². The molecule has 1 saturated heterocycles. The van der Waals surface area contributed by atoms with Gasteiger partial charge in [0.25, 0.3) is 5.69 Å². The van der Waals surface area contributed by atoms with Gasteiger partial charge in [0, 0.05) is 25.2 Å². The van der Waals surface area contributed by atoms with Crippen LogP contribution in [0.15, 0.2) is 48.5 Å². The maximum absolute atomic E-state index is 13.1. The van der Waals surface area contributed by atoms with Crippen molar-refractivity contribution in [3.63, 3.8) is 0 Å². The third-order valence-corrected chi connectivity index (χ3v) is 6.06. The van der Waals surface area contributed by atoms with E-state index in [2.05, 4.69) is 23.1 Å². The van der Waals surface area contributed by atoms with Crippen LogP contribution < -0.4 is 0 Å². The lowest BCUT2D eigenvalue weighted by molar-refractivity contribution is -0.384. The minimum Gasteiger partial charge on any atom is -0.337 e. The van der Waals surface area contributed by atoms with Crippen LogP contribution in [0.2, 0.25) is 0 Å². The van der Waals surface area contributed by atoms with Gasteiger partial charge in [-0.15, -0.1) is 0 Å². The molecule has 2 aliphatic rings. The molecule has 1 amide bonds. The molecule has 2 aromatic carbocycles. The van der Waals surface area contributed by atoms with Gasteiger partial charge in [-0.2, -0.15) is 0 Å². The van der Waals surface area contributed by atoms with E-state index in [1.54, 1.807) is 12.1 Å². The number of likely N-dealkylation sites (N-methyl/N-ethyl adjacent to an activating group) is 1. The van der Waals surface area contributed by atoms with Crippen molar-refractivity contribution in [2.75, 3.05) is 20.1 Å². The second kappa shape index (κ2) is 7.72. The average molecular weight is 379 g/mol. The monoisotopic (exact) mass is 379 g/mol. The van der Waals surface area contributed by atoms with Crippen LogP contribution in [0.1, 0.15) is 35.6 Å². The second-order valence-corrected chi connectivity index (χ2v) is 7.77. The summed E-state index contributed by atoms with van der Waals surface area (Å²) < 4.78 is 0. The van der Waals surface area contributed by atoms with E-state index in [1.807, 2.05) is 18.0 Å². The molecule has 0 N–H and O–H groups in total. The highest BCUT2D eigenvalue weighted by Crippen LogP contribution is 2.39. The van der Waals surface area contributed by atoms with Gasteiger partial charge in [-0.25, -0.2) is 0 Å². The number of benzene rings is 2. The molecule has 0 unspecified atom stereocenters. The standard InChI is InChI=1S/C22H25N3O3/c1-23(21(26)14-16-7-6-9-18(13-16)25(27)28)22-19-10-3-2-8-17(19)15-20(22)24-11-4-5-12-24/h2-3,6-10,13,20,22H,4-5,11-12,14-15H2,1H3/t20-,22+/m0/s1. The third kappa shape index (κ3) is 3.52. The number of carbonyl (C=O) groups excluding carboxylic acids is 1. The van der Waals surface area contributed by atoms with Crippen LogP contribution >= 0.6 is 0 Å². The number of nitro groups is 1. The van der Waals surface area contributed by atoms with Gasteiger partial charge < -0.3 is 4.90 Å². The summed E-state index contributed by atoms with van der Waals surface area (Å²) in [4.78, 5) is 28.1. The number of likely N-dealkylation sites (tertiary alicyclic amines) is 1. The zero-order chi connectivity index (χ0) is 19.7. The summed E-state index contributed by atoms with van der Waals surface area (Å²) in [6.07, 6.45) is 3.56. The van der Waals surface area contributed by atoms with Crippen molar-refractivity contribution in [3.8, 4) is 0 Å². The normalized spacial score (nSPS) is 21.5. The van der Waals surface area contributed by atoms with Crippen molar-refractivity contribution in [2.24, 2.45) is 0 Å². The average Bonchev–Trinajstić information content (AvgIpc) is 3.35. The largest absolute Gasteiger partial charge is 0.337 e. The van der Waals surface area contributed by atoms with Crippen LogP contribution in [0.4, 0.5) is 5.69 Å². The molecule has 1 aliphatic heterocycles. The van der Waals surface area contributed by atoms with Crippen LogP contribution in [-0.4, -0.2) is 46.8 Å². The maximum Gasteiger partial charge on any atom is 0.269 e. The molecule has 0 saturated carbocycles. The lowest BCUT2D eigenvalue weighted by atomic mass is 10.0. The molecule has 1 fully saturated rings. The van der Waals surface area contributed by atoms with E-state index < -0.39 is 4.92 Å². The van der Waals surface area contributed by atoms with Crippen molar-refractivity contribution in [1.29, 1.82) is 0 Å². The second-order valence-electron chi connectivity index (χ2n) is 7.77. The topological polar surface area (TPSA) is 66.7 Å². The molecule has 0 aromatic heterocycles. The van der Waals surface area contributed by atoms with Crippen LogP contribution in [0, 0.1) is 10.1 Å². The van der Waals surface area contributed by atoms with E-state index in [9.17, 15) is 14.9 Å². The number of hydrogen-bond acceptors (Lipinski definition) is 4. The van der Waals surface area contributed by atoms with Crippen LogP contribution in [0.5, 0.6) is 0 Å². The molecule has 28 heavy (non-hydrogen) atoms. The van der Waals surface area contributed by atoms with E-state index in [-0.39, 0.29) is 24.1 Å². The number of nitrogens with zero attached hydrogens (tertiary/aromatic N) is 3. The Labute approximate surface area is 164 Å². The number of fused-ring (bicyclic) bond motifs is 1. The smallest absolute Gasteiger partial charge is 0.269 e. The number of non-ortho nitro benzene ring substituents is 1. The fourth-order valence-corrected chi connectivity index (χ4v) is 4.66. The zero-order valence-corrected chi connectivity index (χ0v) is 16.1. The van der Waals surface area contributed by atoms with Gasteiger partial charge in [0.2, 0.25) is 5.91 Å². The first-order valence-corrected chi connectivity index (χ1v) is 9.85. The van der Waals surface area contributed by atoms with Crippen molar-refractivity contribution >= 4 is 11.6 Å². The van der Waals surface area contributed by atoms with E-state index in [1.165, 1.54) is 36.1 Å². The highest BCUT2D eigenvalue weighted by atomic mass is 16.6. The molecule has 6 nitrogen and oxygen atoms in total. The number of amides is 1. The maximum atomic E-state index is 13.1. The number of nitro benzene ring substituents is 1. The highest BCUT2D eigenvalue weighted by Gasteiger charge is 2.40. The summed E-state index contributed by atoms with van der Waals surface area (Å²) in [5.74, 6) is -0.00796. The molecule has 0 radical (unpaired) electrons. The summed E-state index contributed by atoms with van der Waals surface area (Å²) in [7, 11) is 1.87. The van der Waals surface area contributed by atoms with Gasteiger partial charge in [-0.1, -0.05) is 36.4 Å². The molecule has 2 aromatic rings. The van der Waals surface area contributed by atoms with Crippen LogP contribution in [0.3, 0.4) is 0 Å². The van der Waals surface area contributed by atoms with Crippen molar-refractivity contribution in [2.45, 2.75) is 37.8 Å². The Bertz CT molecular complexity index is 892. The molecular formula is C22H25N3O3. The van der Waals surface area contributed by atoms with E-state index in [0.29, 0.717) is 11.6 Å². The van der Waals surface area contributed by atoms with Gasteiger partial charge in [0.05, 0.1) is 17.4 Å². The van der Waals surface area contributed by atoms with Crippen molar-refractivity contribution < 1.29 is 9.72 Å². The van der Waals surface area contributed by atoms with Crippen molar-refractivity contribution in [1.82, 2.24) is 9.80 Å². The minimum absolute atomic E-state index is 0.00796. The third-order valence-electron chi connectivity index (χ3n) is 6.06. The summed E-state index contributed by atoms with van der Waals surface area (Å²) in [6, 6.07) is 15.1. The molecule has 1 aliphatic carbocycles. The first-order valence-electron chi connectivity index (χ1n) is 9.85. The summed E-state index contributed by atoms with van der Waals surface area (Å²) >= 11 is 0. The fourth-order valence-electron chi connectivity index (χ4n) is 4.66. The molecule has 4 rings (SSSR count). The molecule has 0 bridgehead atoms. The lowest BCUT2D eigenvalue weighted by Gasteiger charge is -2.35. The minimum atomic E-state index is -0.422. The van der Waals surface area contributed by atoms with Crippen LogP contribution in [0.25, 0.3) is 0 Å². The SMILES string of the molecule is CN(C(=O)Cc1cccc([N+](=O)[O-])c1)[C@@H]1c2ccccc2C[C@@H]1N1CCCC1. The zero-order valence-electron chi connectivity index (χ0n) is 16.1. The van der Waals surface area contributed by atoms with Gasteiger partial charge in [-0.3, -0.25) is 19.8 Å². The van der Waals surface area contributed by atoms with Crippen molar-refractivity contribution in [3.05, 3.63) is 75.3 Å². The molecule has 146 valence electrons. The van der Waals surface area contributed by atoms with Gasteiger partial charge >= 0.3 is 0 Å². The summed E-state index contributed by atoms with van der Waals surface area (Å²) in [5, 5.41) is 11.0.